The van der Waals surface area contributed by atoms with E-state index in [2.05, 4.69) is 0 Å². The first kappa shape index (κ1) is 20.2. The van der Waals surface area contributed by atoms with Crippen LogP contribution in [0, 0.1) is 18.3 Å². The van der Waals surface area contributed by atoms with E-state index in [-0.39, 0.29) is 27.6 Å². The van der Waals surface area contributed by atoms with Crippen molar-refractivity contribution >= 4 is 21.5 Å². The number of hydrogen-bond donors (Lipinski definition) is 1. The zero-order chi connectivity index (χ0) is 21.2. The van der Waals surface area contributed by atoms with Crippen LogP contribution in [0.1, 0.15) is 27.2 Å². The number of hydrogen-bond acceptors (Lipinski definition) is 6. The molecule has 7 nitrogen and oxygen atoms in total. The van der Waals surface area contributed by atoms with Gasteiger partial charge in [0.15, 0.2) is 15.5 Å². The van der Waals surface area contributed by atoms with E-state index in [1.165, 1.54) is 17.9 Å². The molecule has 0 aliphatic carbocycles. The lowest BCUT2D eigenvalue weighted by molar-refractivity contribution is 0.0593. The summed E-state index contributed by atoms with van der Waals surface area (Å²) >= 11 is 0. The minimum Gasteiger partial charge on any atom is -0.464 e. The molecule has 2 aromatic carbocycles. The molecule has 29 heavy (non-hydrogen) atoms. The predicted octanol–water partition coefficient (Wildman–Crippen LogP) is 3.00. The summed E-state index contributed by atoms with van der Waals surface area (Å²) in [7, 11) is -2.26. The van der Waals surface area contributed by atoms with Gasteiger partial charge in [0.25, 0.3) is 0 Å². The monoisotopic (exact) mass is 409 g/mol. The SMILES string of the molecule is COC(=O)c1c(N)c(C#N)cn1-c1ccc(CS(=O)(=O)c2ccc(C)cc2)cc1. The van der Waals surface area contributed by atoms with E-state index in [0.717, 1.165) is 5.56 Å². The van der Waals surface area contributed by atoms with E-state index in [0.29, 0.717) is 11.3 Å². The second-order valence-corrected chi connectivity index (χ2v) is 8.51. The van der Waals surface area contributed by atoms with Gasteiger partial charge in [0.2, 0.25) is 0 Å². The molecule has 0 saturated carbocycles. The smallest absolute Gasteiger partial charge is 0.357 e. The number of aromatic nitrogens is 1. The van der Waals surface area contributed by atoms with Crippen LogP contribution < -0.4 is 5.73 Å². The molecule has 8 heteroatoms. The molecule has 2 N–H and O–H groups in total. The van der Waals surface area contributed by atoms with Gasteiger partial charge >= 0.3 is 5.97 Å². The molecule has 0 fully saturated rings. The Balaban J connectivity index is 1.93. The van der Waals surface area contributed by atoms with Gasteiger partial charge in [-0.1, -0.05) is 29.8 Å². The quantitative estimate of drug-likeness (QED) is 0.648. The summed E-state index contributed by atoms with van der Waals surface area (Å²) < 4.78 is 31.4. The number of methoxy groups -OCH3 is 1. The number of esters is 1. The maximum absolute atomic E-state index is 12.6. The number of nitriles is 1. The van der Waals surface area contributed by atoms with Crippen LogP contribution in [-0.4, -0.2) is 26.1 Å². The van der Waals surface area contributed by atoms with E-state index in [9.17, 15) is 18.5 Å². The number of aryl methyl sites for hydroxylation is 1. The lowest BCUT2D eigenvalue weighted by Gasteiger charge is -2.10. The number of rotatable bonds is 5. The molecule has 0 saturated heterocycles. The van der Waals surface area contributed by atoms with Gasteiger partial charge in [-0.15, -0.1) is 0 Å². The van der Waals surface area contributed by atoms with E-state index >= 15 is 0 Å². The fraction of sp³-hybridized carbons (Fsp3) is 0.143. The molecule has 0 atom stereocenters. The maximum atomic E-state index is 12.6. The Kier molecular flexibility index (Phi) is 5.43. The fourth-order valence-electron chi connectivity index (χ4n) is 2.92. The highest BCUT2D eigenvalue weighted by Gasteiger charge is 2.22. The zero-order valence-electron chi connectivity index (χ0n) is 15.9. The van der Waals surface area contributed by atoms with Gasteiger partial charge in [-0.3, -0.25) is 0 Å². The number of sulfone groups is 1. The number of anilines is 1. The number of carbonyl (C=O) groups excluding carboxylic acids is 1. The molecule has 1 heterocycles. The van der Waals surface area contributed by atoms with E-state index < -0.39 is 15.8 Å². The number of nitrogens with zero attached hydrogens (tertiary/aromatic N) is 2. The maximum Gasteiger partial charge on any atom is 0.357 e. The molecule has 0 spiro atoms. The highest BCUT2D eigenvalue weighted by molar-refractivity contribution is 7.90. The number of nitrogen functional groups attached to an aromatic ring is 1. The molecule has 0 amide bonds. The van der Waals surface area contributed by atoms with Crippen LogP contribution in [0.2, 0.25) is 0 Å². The third-order valence-electron chi connectivity index (χ3n) is 4.49. The van der Waals surface area contributed by atoms with Crippen LogP contribution in [0.3, 0.4) is 0 Å². The van der Waals surface area contributed by atoms with Crippen molar-refractivity contribution in [3.8, 4) is 11.8 Å². The van der Waals surface area contributed by atoms with Crippen LogP contribution in [0.4, 0.5) is 5.69 Å². The number of ether oxygens (including phenoxy) is 1. The van der Waals surface area contributed by atoms with Crippen LogP contribution in [0.15, 0.2) is 59.6 Å². The highest BCUT2D eigenvalue weighted by Crippen LogP contribution is 2.25. The Morgan fingerprint density at radius 1 is 1.14 bits per heavy atom. The van der Waals surface area contributed by atoms with Crippen molar-refractivity contribution in [2.24, 2.45) is 0 Å². The van der Waals surface area contributed by atoms with Crippen molar-refractivity contribution in [2.45, 2.75) is 17.6 Å². The van der Waals surface area contributed by atoms with Gasteiger partial charge < -0.3 is 15.0 Å². The fourth-order valence-corrected chi connectivity index (χ4v) is 4.27. The van der Waals surface area contributed by atoms with Crippen LogP contribution in [-0.2, 0) is 20.3 Å². The molecule has 0 aliphatic rings. The van der Waals surface area contributed by atoms with Gasteiger partial charge in [-0.2, -0.15) is 5.26 Å². The van der Waals surface area contributed by atoms with Gasteiger partial charge in [0.05, 0.1) is 29.0 Å². The molecule has 0 radical (unpaired) electrons. The highest BCUT2D eigenvalue weighted by atomic mass is 32.2. The van der Waals surface area contributed by atoms with Crippen LogP contribution in [0.25, 0.3) is 5.69 Å². The third-order valence-corrected chi connectivity index (χ3v) is 6.20. The van der Waals surface area contributed by atoms with E-state index in [1.807, 2.05) is 13.0 Å². The average Bonchev–Trinajstić information content (AvgIpc) is 3.04. The normalized spacial score (nSPS) is 11.1. The standard InChI is InChI=1S/C21H19N3O4S/c1-14-3-9-18(10-4-14)29(26,27)13-15-5-7-17(8-6-15)24-12-16(11-22)19(23)20(24)21(25)28-2/h3-10,12H,13,23H2,1-2H3. The first-order valence-electron chi connectivity index (χ1n) is 8.65. The summed E-state index contributed by atoms with van der Waals surface area (Å²) in [5, 5.41) is 9.19. The molecule has 0 unspecified atom stereocenters. The zero-order valence-corrected chi connectivity index (χ0v) is 16.7. The summed E-state index contributed by atoms with van der Waals surface area (Å²) in [6.45, 7) is 1.89. The third kappa shape index (κ3) is 4.00. The molecular formula is C21H19N3O4S. The largest absolute Gasteiger partial charge is 0.464 e. The Hall–Kier alpha value is -3.57. The number of nitrogens with two attached hydrogens (primary N) is 1. The molecular weight excluding hydrogens is 390 g/mol. The second kappa shape index (κ2) is 7.81. The number of benzene rings is 2. The minimum atomic E-state index is -3.48. The first-order chi connectivity index (χ1) is 13.8. The van der Waals surface area contributed by atoms with Crippen molar-refractivity contribution < 1.29 is 17.9 Å². The Morgan fingerprint density at radius 2 is 1.76 bits per heavy atom. The van der Waals surface area contributed by atoms with Gasteiger partial charge in [0, 0.05) is 11.9 Å². The summed E-state index contributed by atoms with van der Waals surface area (Å²) in [5.74, 6) is -0.827. The summed E-state index contributed by atoms with van der Waals surface area (Å²) in [6, 6.07) is 15.3. The molecule has 3 rings (SSSR count). The molecule has 0 aliphatic heterocycles. The Bertz CT molecular complexity index is 1200. The van der Waals surface area contributed by atoms with Crippen molar-refractivity contribution in [1.29, 1.82) is 5.26 Å². The first-order valence-corrected chi connectivity index (χ1v) is 10.3. The average molecular weight is 409 g/mol. The molecule has 0 bridgehead atoms. The molecule has 148 valence electrons. The Labute approximate surface area is 168 Å². The lowest BCUT2D eigenvalue weighted by Crippen LogP contribution is -2.11. The van der Waals surface area contributed by atoms with Gasteiger partial charge in [-0.25, -0.2) is 13.2 Å². The number of carbonyl (C=O) groups is 1. The van der Waals surface area contributed by atoms with Crippen LogP contribution >= 0.6 is 0 Å². The predicted molar refractivity (Wildman–Crippen MR) is 108 cm³/mol. The van der Waals surface area contributed by atoms with Crippen molar-refractivity contribution in [2.75, 3.05) is 12.8 Å². The summed E-state index contributed by atoms with van der Waals surface area (Å²) in [5.41, 5.74) is 8.25. The molecule has 3 aromatic rings. The van der Waals surface area contributed by atoms with Crippen molar-refractivity contribution in [1.82, 2.24) is 4.57 Å². The Morgan fingerprint density at radius 3 is 2.31 bits per heavy atom. The van der Waals surface area contributed by atoms with E-state index in [4.69, 9.17) is 10.5 Å². The second-order valence-electron chi connectivity index (χ2n) is 6.52. The van der Waals surface area contributed by atoms with E-state index in [1.54, 1.807) is 48.5 Å². The van der Waals surface area contributed by atoms with Gasteiger partial charge in [-0.05, 0) is 36.8 Å². The van der Waals surface area contributed by atoms with Crippen molar-refractivity contribution in [3.63, 3.8) is 0 Å². The summed E-state index contributed by atoms with van der Waals surface area (Å²) in [6.07, 6.45) is 1.44. The minimum absolute atomic E-state index is 0.0328. The van der Waals surface area contributed by atoms with Crippen molar-refractivity contribution in [3.05, 3.63) is 77.1 Å². The topological polar surface area (TPSA) is 115 Å². The molecule has 1 aromatic heterocycles. The lowest BCUT2D eigenvalue weighted by atomic mass is 10.2. The van der Waals surface area contributed by atoms with Gasteiger partial charge in [0.1, 0.15) is 6.07 Å². The summed E-state index contributed by atoms with van der Waals surface area (Å²) in [4.78, 5) is 12.3. The van der Waals surface area contributed by atoms with Crippen LogP contribution in [0.5, 0.6) is 0 Å².